The molecule has 3 nitrogen and oxygen atoms in total. The highest BCUT2D eigenvalue weighted by Gasteiger charge is 2.20. The SMILES string of the molecule is N#Cc1ccc(-c2ccccc2-c2cc(-c3ccccc3-c3cc4ccc5cccc6c7cccc8ccc9cccc(c(c3)c4c56)c9c87)nc(-c3ccccc3)n2)cc1. The van der Waals surface area contributed by atoms with E-state index < -0.39 is 0 Å². The largest absolute Gasteiger partial charge is 0.228 e. The topological polar surface area (TPSA) is 49.6 Å². The zero-order valence-electron chi connectivity index (χ0n) is 32.4. The molecule has 0 spiro atoms. The molecule has 0 fully saturated rings. The van der Waals surface area contributed by atoms with E-state index in [0.717, 1.165) is 50.3 Å². The second-order valence-corrected chi connectivity index (χ2v) is 15.6. The van der Waals surface area contributed by atoms with Crippen molar-refractivity contribution >= 4 is 64.6 Å². The Kier molecular flexibility index (Phi) is 7.60. The lowest BCUT2D eigenvalue weighted by Gasteiger charge is -2.18. The van der Waals surface area contributed by atoms with E-state index >= 15 is 0 Å². The Hall–Kier alpha value is -8.19. The van der Waals surface area contributed by atoms with Gasteiger partial charge >= 0.3 is 0 Å². The number of hydrogen-bond donors (Lipinski definition) is 0. The molecule has 276 valence electrons. The molecule has 1 heterocycles. The predicted octanol–water partition coefficient (Wildman–Crippen LogP) is 15.0. The summed E-state index contributed by atoms with van der Waals surface area (Å²) in [5.41, 5.74) is 9.55. The van der Waals surface area contributed by atoms with Crippen LogP contribution in [0.25, 0.3) is 121 Å². The van der Waals surface area contributed by atoms with Gasteiger partial charge in [0, 0.05) is 16.7 Å². The van der Waals surface area contributed by atoms with Crippen LogP contribution in [0, 0.1) is 11.3 Å². The molecule has 0 atom stereocenters. The zero-order valence-corrected chi connectivity index (χ0v) is 32.4. The molecule has 11 aromatic carbocycles. The maximum atomic E-state index is 9.50. The van der Waals surface area contributed by atoms with Gasteiger partial charge in [-0.05, 0) is 117 Å². The van der Waals surface area contributed by atoms with Gasteiger partial charge in [0.15, 0.2) is 5.82 Å². The summed E-state index contributed by atoms with van der Waals surface area (Å²) in [6.07, 6.45) is 0. The van der Waals surface area contributed by atoms with E-state index in [4.69, 9.17) is 9.97 Å². The number of fused-ring (bicyclic) bond motifs is 2. The molecule has 0 aliphatic carbocycles. The number of benzene rings is 10. The summed E-state index contributed by atoms with van der Waals surface area (Å²) >= 11 is 0. The summed E-state index contributed by atoms with van der Waals surface area (Å²) in [6.45, 7) is 0. The summed E-state index contributed by atoms with van der Waals surface area (Å²) in [4.78, 5) is 10.6. The molecule has 0 aliphatic rings. The van der Waals surface area contributed by atoms with Gasteiger partial charge in [0.05, 0.1) is 23.0 Å². The van der Waals surface area contributed by atoms with Crippen molar-refractivity contribution in [2.75, 3.05) is 0 Å². The second-order valence-electron chi connectivity index (χ2n) is 15.6. The average molecular weight is 760 g/mol. The highest BCUT2D eigenvalue weighted by molar-refractivity contribution is 6.37. The van der Waals surface area contributed by atoms with E-state index in [1.165, 1.54) is 64.6 Å². The molecule has 0 N–H and O–H groups in total. The first-order valence-corrected chi connectivity index (χ1v) is 20.3. The Balaban J connectivity index is 1.14. The van der Waals surface area contributed by atoms with Gasteiger partial charge in [-0.3, -0.25) is 0 Å². The van der Waals surface area contributed by atoms with Crippen LogP contribution in [0.5, 0.6) is 0 Å². The normalized spacial score (nSPS) is 11.7. The van der Waals surface area contributed by atoms with Crippen LogP contribution in [-0.2, 0) is 0 Å². The molecule has 0 unspecified atom stereocenters. The molecule has 0 saturated carbocycles. The third-order valence-corrected chi connectivity index (χ3v) is 12.2. The number of nitriles is 1. The standard InChI is InChI=1S/C57H33N3/c58-34-35-23-25-36(26-24-35)43-16-4-6-18-45(43)51-33-52(60-57(59-51)40-11-2-1-3-12-40)46-19-7-5-17-44(46)42-31-41-30-29-39-14-9-21-48-47-20-8-13-37-27-28-38-15-10-22-49(55(38)53(37)47)50(32-42)56(41)54(39)48/h1-33H. The molecule has 12 rings (SSSR count). The van der Waals surface area contributed by atoms with Gasteiger partial charge in [-0.1, -0.05) is 170 Å². The molecular formula is C57H33N3. The molecule has 0 amide bonds. The van der Waals surface area contributed by atoms with Crippen LogP contribution in [0.1, 0.15) is 5.56 Å². The fraction of sp³-hybridized carbons (Fsp3) is 0. The van der Waals surface area contributed by atoms with Gasteiger partial charge in [0.2, 0.25) is 0 Å². The fourth-order valence-electron chi connectivity index (χ4n) is 9.52. The molecule has 1 aromatic heterocycles. The van der Waals surface area contributed by atoms with Crippen molar-refractivity contribution in [3.8, 4) is 62.2 Å². The Labute approximate surface area is 346 Å². The van der Waals surface area contributed by atoms with E-state index in [2.05, 4.69) is 164 Å². The van der Waals surface area contributed by atoms with Crippen LogP contribution < -0.4 is 0 Å². The summed E-state index contributed by atoms with van der Waals surface area (Å²) in [6, 6.07) is 73.5. The van der Waals surface area contributed by atoms with E-state index in [0.29, 0.717) is 11.4 Å². The molecule has 0 aliphatic heterocycles. The van der Waals surface area contributed by atoms with Gasteiger partial charge in [-0.15, -0.1) is 0 Å². The number of aromatic nitrogens is 2. The van der Waals surface area contributed by atoms with Crippen LogP contribution in [0.4, 0.5) is 0 Å². The minimum Gasteiger partial charge on any atom is -0.228 e. The van der Waals surface area contributed by atoms with Crippen LogP contribution in [0.2, 0.25) is 0 Å². The Morgan fingerprint density at radius 2 is 0.783 bits per heavy atom. The van der Waals surface area contributed by atoms with Crippen molar-refractivity contribution in [1.82, 2.24) is 9.97 Å². The fourth-order valence-corrected chi connectivity index (χ4v) is 9.52. The lowest BCUT2D eigenvalue weighted by atomic mass is 9.86. The molecule has 12 aromatic rings. The number of rotatable bonds is 5. The van der Waals surface area contributed by atoms with Crippen LogP contribution >= 0.6 is 0 Å². The first-order chi connectivity index (χ1) is 29.7. The smallest absolute Gasteiger partial charge is 0.160 e. The molecule has 0 saturated heterocycles. The van der Waals surface area contributed by atoms with Crippen molar-refractivity contribution < 1.29 is 0 Å². The Morgan fingerprint density at radius 1 is 0.317 bits per heavy atom. The summed E-state index contributed by atoms with van der Waals surface area (Å²) in [7, 11) is 0. The highest BCUT2D eigenvalue weighted by Crippen LogP contribution is 2.45. The van der Waals surface area contributed by atoms with Crippen molar-refractivity contribution in [2.45, 2.75) is 0 Å². The van der Waals surface area contributed by atoms with Gasteiger partial charge in [-0.25, -0.2) is 9.97 Å². The minimum absolute atomic E-state index is 0.629. The zero-order chi connectivity index (χ0) is 39.7. The monoisotopic (exact) mass is 759 g/mol. The quantitative estimate of drug-likeness (QED) is 0.164. The van der Waals surface area contributed by atoms with E-state index in [-0.39, 0.29) is 0 Å². The Bertz CT molecular complexity index is 3700. The van der Waals surface area contributed by atoms with Crippen molar-refractivity contribution in [3.63, 3.8) is 0 Å². The van der Waals surface area contributed by atoms with E-state index in [1.54, 1.807) is 0 Å². The molecular weight excluding hydrogens is 727 g/mol. The Morgan fingerprint density at radius 3 is 1.33 bits per heavy atom. The maximum Gasteiger partial charge on any atom is 0.160 e. The molecule has 3 heteroatoms. The van der Waals surface area contributed by atoms with Crippen molar-refractivity contribution in [1.29, 1.82) is 5.26 Å². The third-order valence-electron chi connectivity index (χ3n) is 12.2. The van der Waals surface area contributed by atoms with E-state index in [9.17, 15) is 5.26 Å². The summed E-state index contributed by atoms with van der Waals surface area (Å²) in [5, 5.41) is 24.6. The summed E-state index contributed by atoms with van der Waals surface area (Å²) in [5.74, 6) is 0.659. The van der Waals surface area contributed by atoms with Gasteiger partial charge in [0.25, 0.3) is 0 Å². The van der Waals surface area contributed by atoms with Crippen LogP contribution in [-0.4, -0.2) is 9.97 Å². The number of hydrogen-bond acceptors (Lipinski definition) is 3. The molecule has 0 radical (unpaired) electrons. The minimum atomic E-state index is 0.629. The van der Waals surface area contributed by atoms with Gasteiger partial charge in [0.1, 0.15) is 0 Å². The number of nitrogens with zero attached hydrogens (tertiary/aromatic N) is 3. The lowest BCUT2D eigenvalue weighted by Crippen LogP contribution is -1.98. The van der Waals surface area contributed by atoms with Crippen molar-refractivity contribution in [2.24, 2.45) is 0 Å². The van der Waals surface area contributed by atoms with Crippen molar-refractivity contribution in [3.05, 3.63) is 206 Å². The lowest BCUT2D eigenvalue weighted by molar-refractivity contribution is 1.18. The average Bonchev–Trinajstić information content (AvgIpc) is 3.32. The first kappa shape index (κ1) is 33.9. The van der Waals surface area contributed by atoms with Gasteiger partial charge < -0.3 is 0 Å². The predicted molar refractivity (Wildman–Crippen MR) is 250 cm³/mol. The van der Waals surface area contributed by atoms with Gasteiger partial charge in [-0.2, -0.15) is 5.26 Å². The molecule has 0 bridgehead atoms. The highest BCUT2D eigenvalue weighted by atomic mass is 14.9. The summed E-state index contributed by atoms with van der Waals surface area (Å²) < 4.78 is 0. The maximum absolute atomic E-state index is 9.50. The van der Waals surface area contributed by atoms with Crippen LogP contribution in [0.15, 0.2) is 200 Å². The molecule has 60 heavy (non-hydrogen) atoms. The van der Waals surface area contributed by atoms with E-state index in [1.807, 2.05) is 42.5 Å². The first-order valence-electron chi connectivity index (χ1n) is 20.3. The van der Waals surface area contributed by atoms with Crippen LogP contribution in [0.3, 0.4) is 0 Å². The second kappa shape index (κ2) is 13.5. The third kappa shape index (κ3) is 5.29.